The molecule has 1 amide bonds. The van der Waals surface area contributed by atoms with Gasteiger partial charge in [-0.15, -0.1) is 0 Å². The van der Waals surface area contributed by atoms with Crippen molar-refractivity contribution in [3.8, 4) is 0 Å². The number of rotatable bonds is 6. The van der Waals surface area contributed by atoms with Crippen LogP contribution in [0.15, 0.2) is 48.8 Å². The fourth-order valence-electron chi connectivity index (χ4n) is 4.86. The smallest absolute Gasteiger partial charge is 0.224 e. The van der Waals surface area contributed by atoms with Crippen molar-refractivity contribution < 1.29 is 9.90 Å². The number of aryl methyl sites for hydroxylation is 1. The molecule has 0 spiro atoms. The molecule has 1 N–H and O–H groups in total. The number of benzene rings is 1. The Hall–Kier alpha value is -2.14. The topological polar surface area (TPSA) is 58.4 Å². The van der Waals surface area contributed by atoms with E-state index in [-0.39, 0.29) is 30.0 Å². The number of aliphatic hydroxyl groups is 1. The highest BCUT2D eigenvalue weighted by Crippen LogP contribution is 2.51. The van der Waals surface area contributed by atoms with Gasteiger partial charge in [0.15, 0.2) is 0 Å². The lowest BCUT2D eigenvalue weighted by Gasteiger charge is -2.36. The fourth-order valence-corrected chi connectivity index (χ4v) is 4.86. The lowest BCUT2D eigenvalue weighted by molar-refractivity contribution is -0.133. The van der Waals surface area contributed by atoms with Crippen molar-refractivity contribution in [2.75, 3.05) is 6.61 Å². The van der Waals surface area contributed by atoms with Crippen LogP contribution in [0.3, 0.4) is 0 Å². The summed E-state index contributed by atoms with van der Waals surface area (Å²) in [6.45, 7) is 0.762. The van der Waals surface area contributed by atoms with Gasteiger partial charge >= 0.3 is 0 Å². The Bertz CT molecular complexity index is 716. The third kappa shape index (κ3) is 2.97. The van der Waals surface area contributed by atoms with E-state index in [2.05, 4.69) is 22.1 Å². The maximum Gasteiger partial charge on any atom is 0.224 e. The predicted octanol–water partition coefficient (Wildman–Crippen LogP) is 2.26. The zero-order valence-electron chi connectivity index (χ0n) is 14.4. The van der Waals surface area contributed by atoms with Crippen LogP contribution in [-0.4, -0.2) is 44.4 Å². The van der Waals surface area contributed by atoms with E-state index in [1.165, 1.54) is 5.56 Å². The number of nitrogens with zero attached hydrogens (tertiary/aromatic N) is 3. The van der Waals surface area contributed by atoms with Gasteiger partial charge in [-0.2, -0.15) is 5.10 Å². The molecule has 2 aromatic rings. The monoisotopic (exact) mass is 339 g/mol. The SMILES string of the molecule is O=C(CCn1cccn1)N1[C@H]2CC[C@@H]1[C@@](CO)(Cc1ccccc1)C2. The molecule has 1 aromatic carbocycles. The number of carbonyl (C=O) groups excluding carboxylic acids is 1. The molecule has 4 rings (SSSR count). The first kappa shape index (κ1) is 16.3. The van der Waals surface area contributed by atoms with E-state index >= 15 is 0 Å². The first-order valence-corrected chi connectivity index (χ1v) is 9.15. The molecule has 0 saturated carbocycles. The Morgan fingerprint density at radius 1 is 1.24 bits per heavy atom. The molecule has 132 valence electrons. The lowest BCUT2D eigenvalue weighted by atomic mass is 9.70. The van der Waals surface area contributed by atoms with Crippen molar-refractivity contribution in [1.82, 2.24) is 14.7 Å². The molecule has 0 aliphatic carbocycles. The van der Waals surface area contributed by atoms with Gasteiger partial charge in [-0.1, -0.05) is 30.3 Å². The van der Waals surface area contributed by atoms with Gasteiger partial charge in [0.25, 0.3) is 0 Å². The van der Waals surface area contributed by atoms with E-state index in [4.69, 9.17) is 0 Å². The van der Waals surface area contributed by atoms with Crippen LogP contribution < -0.4 is 0 Å². The molecule has 2 aliphatic heterocycles. The van der Waals surface area contributed by atoms with Gasteiger partial charge in [0.2, 0.25) is 5.91 Å². The van der Waals surface area contributed by atoms with E-state index in [9.17, 15) is 9.90 Å². The Kier molecular flexibility index (Phi) is 4.34. The van der Waals surface area contributed by atoms with E-state index < -0.39 is 0 Å². The van der Waals surface area contributed by atoms with Crippen LogP contribution in [0.1, 0.15) is 31.2 Å². The third-order valence-corrected chi connectivity index (χ3v) is 5.97. The summed E-state index contributed by atoms with van der Waals surface area (Å²) in [5, 5.41) is 14.4. The minimum atomic E-state index is -0.189. The number of carbonyl (C=O) groups is 1. The van der Waals surface area contributed by atoms with Gasteiger partial charge in [-0.25, -0.2) is 0 Å². The van der Waals surface area contributed by atoms with Crippen LogP contribution in [0.5, 0.6) is 0 Å². The lowest BCUT2D eigenvalue weighted by Crippen LogP contribution is -2.44. The van der Waals surface area contributed by atoms with Crippen molar-refractivity contribution >= 4 is 5.91 Å². The molecule has 5 nitrogen and oxygen atoms in total. The molecule has 2 aliphatic rings. The van der Waals surface area contributed by atoms with Gasteiger partial charge in [0, 0.05) is 42.9 Å². The Balaban J connectivity index is 1.48. The second-order valence-electron chi connectivity index (χ2n) is 7.45. The van der Waals surface area contributed by atoms with Crippen molar-refractivity contribution in [2.45, 2.75) is 50.7 Å². The Morgan fingerprint density at radius 2 is 2.08 bits per heavy atom. The average Bonchev–Trinajstić information content (AvgIpc) is 3.36. The van der Waals surface area contributed by atoms with Gasteiger partial charge in [-0.05, 0) is 37.3 Å². The standard InChI is InChI=1S/C20H25N3O2/c24-15-20(13-16-5-2-1-3-6-16)14-17-7-8-18(20)23(17)19(25)9-12-22-11-4-10-21-22/h1-6,10-11,17-18,24H,7-9,12-15H2/t17-,18+,20-/m0/s1. The van der Waals surface area contributed by atoms with Crippen molar-refractivity contribution in [3.05, 3.63) is 54.4 Å². The van der Waals surface area contributed by atoms with Crippen LogP contribution in [0.4, 0.5) is 0 Å². The Labute approximate surface area is 148 Å². The van der Waals surface area contributed by atoms with Gasteiger partial charge in [0.1, 0.15) is 0 Å². The first-order chi connectivity index (χ1) is 12.2. The van der Waals surface area contributed by atoms with Crippen LogP contribution in [-0.2, 0) is 17.8 Å². The van der Waals surface area contributed by atoms with Crippen molar-refractivity contribution in [3.63, 3.8) is 0 Å². The predicted molar refractivity (Wildman–Crippen MR) is 94.8 cm³/mol. The quantitative estimate of drug-likeness (QED) is 0.878. The van der Waals surface area contributed by atoms with Gasteiger partial charge < -0.3 is 10.0 Å². The number of aliphatic hydroxyl groups excluding tert-OH is 1. The van der Waals surface area contributed by atoms with Crippen molar-refractivity contribution in [2.24, 2.45) is 5.41 Å². The summed E-state index contributed by atoms with van der Waals surface area (Å²) in [7, 11) is 0. The highest BCUT2D eigenvalue weighted by molar-refractivity contribution is 5.77. The third-order valence-electron chi connectivity index (χ3n) is 5.97. The molecular weight excluding hydrogens is 314 g/mol. The zero-order valence-corrected chi connectivity index (χ0v) is 14.4. The summed E-state index contributed by atoms with van der Waals surface area (Å²) < 4.78 is 1.80. The van der Waals surface area contributed by atoms with Crippen LogP contribution in [0.2, 0.25) is 0 Å². The number of aromatic nitrogens is 2. The number of hydrogen-bond donors (Lipinski definition) is 1. The first-order valence-electron chi connectivity index (χ1n) is 9.15. The summed E-state index contributed by atoms with van der Waals surface area (Å²) in [6, 6.07) is 12.7. The normalized spacial score (nSPS) is 27.8. The van der Waals surface area contributed by atoms with E-state index in [1.54, 1.807) is 10.9 Å². The maximum absolute atomic E-state index is 12.9. The highest BCUT2D eigenvalue weighted by atomic mass is 16.3. The minimum Gasteiger partial charge on any atom is -0.396 e. The van der Waals surface area contributed by atoms with E-state index in [0.29, 0.717) is 13.0 Å². The number of fused-ring (bicyclic) bond motifs is 2. The molecule has 3 heterocycles. The van der Waals surface area contributed by atoms with Gasteiger partial charge in [-0.3, -0.25) is 9.48 Å². The van der Waals surface area contributed by atoms with E-state index in [0.717, 1.165) is 25.7 Å². The highest BCUT2D eigenvalue weighted by Gasteiger charge is 2.56. The summed E-state index contributed by atoms with van der Waals surface area (Å²) >= 11 is 0. The molecule has 3 atom stereocenters. The molecular formula is C20H25N3O2. The van der Waals surface area contributed by atoms with Gasteiger partial charge in [0.05, 0.1) is 6.61 Å². The molecule has 5 heteroatoms. The average molecular weight is 339 g/mol. The maximum atomic E-state index is 12.9. The van der Waals surface area contributed by atoms with Crippen molar-refractivity contribution in [1.29, 1.82) is 0 Å². The van der Waals surface area contributed by atoms with Crippen LogP contribution >= 0.6 is 0 Å². The number of hydrogen-bond acceptors (Lipinski definition) is 3. The fraction of sp³-hybridized carbons (Fsp3) is 0.500. The molecule has 2 bridgehead atoms. The molecule has 2 fully saturated rings. The summed E-state index contributed by atoms with van der Waals surface area (Å²) in [6.07, 6.45) is 7.92. The molecule has 0 unspecified atom stereocenters. The zero-order chi connectivity index (χ0) is 17.3. The largest absolute Gasteiger partial charge is 0.396 e. The second kappa shape index (κ2) is 6.64. The number of amides is 1. The Morgan fingerprint density at radius 3 is 2.80 bits per heavy atom. The van der Waals surface area contributed by atoms with E-state index in [1.807, 2.05) is 30.5 Å². The molecule has 2 saturated heterocycles. The molecule has 25 heavy (non-hydrogen) atoms. The second-order valence-corrected chi connectivity index (χ2v) is 7.45. The van der Waals surface area contributed by atoms with Crippen LogP contribution in [0.25, 0.3) is 0 Å². The summed E-state index contributed by atoms with van der Waals surface area (Å²) in [5.74, 6) is 0.200. The minimum absolute atomic E-state index is 0.145. The summed E-state index contributed by atoms with van der Waals surface area (Å²) in [5.41, 5.74) is 1.05. The van der Waals surface area contributed by atoms with Crippen LogP contribution in [0, 0.1) is 5.41 Å². The molecule has 1 aromatic heterocycles. The molecule has 0 radical (unpaired) electrons. The summed E-state index contributed by atoms with van der Waals surface area (Å²) in [4.78, 5) is 14.9.